The van der Waals surface area contributed by atoms with Crippen molar-refractivity contribution < 1.29 is 8.42 Å². The quantitative estimate of drug-likeness (QED) is 0.728. The van der Waals surface area contributed by atoms with Crippen molar-refractivity contribution in [3.63, 3.8) is 0 Å². The van der Waals surface area contributed by atoms with Gasteiger partial charge in [0.1, 0.15) is 0 Å². The molecule has 80 valence electrons. The second-order valence-electron chi connectivity index (χ2n) is 3.32. The van der Waals surface area contributed by atoms with Gasteiger partial charge in [0.2, 0.25) is 0 Å². The lowest BCUT2D eigenvalue weighted by Gasteiger charge is -2.09. The molecular formula is C7H14N4O2S. The van der Waals surface area contributed by atoms with Crippen LogP contribution in [0.15, 0.2) is 11.4 Å². The van der Waals surface area contributed by atoms with Crippen LogP contribution in [0.25, 0.3) is 0 Å². The Morgan fingerprint density at radius 3 is 2.50 bits per heavy atom. The van der Waals surface area contributed by atoms with Crippen LogP contribution >= 0.6 is 0 Å². The topological polar surface area (TPSA) is 90.0 Å². The molecule has 6 nitrogen and oxygen atoms in total. The van der Waals surface area contributed by atoms with E-state index in [4.69, 9.17) is 5.73 Å². The minimum atomic E-state index is -3.55. The van der Waals surface area contributed by atoms with Gasteiger partial charge in [0.15, 0.2) is 10.8 Å². The van der Waals surface area contributed by atoms with Crippen molar-refractivity contribution in [2.75, 3.05) is 5.73 Å². The highest BCUT2D eigenvalue weighted by molar-refractivity contribution is 7.89. The second-order valence-corrected chi connectivity index (χ2v) is 4.95. The minimum Gasteiger partial charge on any atom is -0.381 e. The van der Waals surface area contributed by atoms with Gasteiger partial charge < -0.3 is 10.3 Å². The van der Waals surface area contributed by atoms with Gasteiger partial charge in [-0.2, -0.15) is 0 Å². The predicted molar refractivity (Wildman–Crippen MR) is 53.1 cm³/mol. The summed E-state index contributed by atoms with van der Waals surface area (Å²) in [7, 11) is -1.97. The first kappa shape index (κ1) is 11.0. The minimum absolute atomic E-state index is 0.00574. The molecule has 0 bridgehead atoms. The highest BCUT2D eigenvalue weighted by Gasteiger charge is 2.22. The van der Waals surface area contributed by atoms with E-state index in [0.29, 0.717) is 0 Å². The third-order valence-corrected chi connectivity index (χ3v) is 3.34. The second kappa shape index (κ2) is 3.58. The van der Waals surface area contributed by atoms with E-state index in [0.717, 1.165) is 0 Å². The first-order valence-corrected chi connectivity index (χ1v) is 5.62. The molecule has 0 spiro atoms. The number of imidazole rings is 1. The standard InChI is InChI=1S/C7H14N4O2S/c1-5(2)10-14(12,13)7-6(8)9-4-11(7)3/h4-5,10H,8H2,1-3H3. The molecule has 0 fully saturated rings. The Balaban J connectivity index is 3.17. The molecule has 0 unspecified atom stereocenters. The summed E-state index contributed by atoms with van der Waals surface area (Å²) in [5.74, 6) is 0.0145. The largest absolute Gasteiger partial charge is 0.381 e. The number of hydrogen-bond donors (Lipinski definition) is 2. The number of rotatable bonds is 3. The predicted octanol–water partition coefficient (Wildman–Crippen LogP) is -0.311. The Kier molecular flexibility index (Phi) is 2.81. The summed E-state index contributed by atoms with van der Waals surface area (Å²) in [5.41, 5.74) is 5.45. The third kappa shape index (κ3) is 2.05. The zero-order valence-corrected chi connectivity index (χ0v) is 9.17. The van der Waals surface area contributed by atoms with E-state index in [9.17, 15) is 8.42 Å². The monoisotopic (exact) mass is 218 g/mol. The molecule has 7 heteroatoms. The van der Waals surface area contributed by atoms with Crippen molar-refractivity contribution in [1.82, 2.24) is 14.3 Å². The highest BCUT2D eigenvalue weighted by atomic mass is 32.2. The number of aryl methyl sites for hydroxylation is 1. The lowest BCUT2D eigenvalue weighted by Crippen LogP contribution is -2.32. The van der Waals surface area contributed by atoms with E-state index in [2.05, 4.69) is 9.71 Å². The van der Waals surface area contributed by atoms with E-state index in [1.54, 1.807) is 20.9 Å². The van der Waals surface area contributed by atoms with Gasteiger partial charge in [-0.25, -0.2) is 18.1 Å². The normalized spacial score (nSPS) is 12.3. The molecule has 0 aromatic carbocycles. The number of aromatic nitrogens is 2. The fourth-order valence-electron chi connectivity index (χ4n) is 1.13. The molecule has 1 rings (SSSR count). The Hall–Kier alpha value is -1.08. The molecule has 0 amide bonds. The fraction of sp³-hybridized carbons (Fsp3) is 0.571. The molecule has 1 aromatic heterocycles. The Labute approximate surface area is 83.2 Å². The zero-order chi connectivity index (χ0) is 10.9. The van der Waals surface area contributed by atoms with Gasteiger partial charge in [0.25, 0.3) is 10.0 Å². The lowest BCUT2D eigenvalue weighted by atomic mass is 10.4. The molecule has 0 aliphatic heterocycles. The number of nitrogen functional groups attached to an aromatic ring is 1. The average Bonchev–Trinajstić information content (AvgIpc) is 2.27. The van der Waals surface area contributed by atoms with Crippen LogP contribution in [0.2, 0.25) is 0 Å². The van der Waals surface area contributed by atoms with Crippen molar-refractivity contribution >= 4 is 15.8 Å². The average molecular weight is 218 g/mol. The molecule has 0 saturated carbocycles. The van der Waals surface area contributed by atoms with Crippen LogP contribution in [0, 0.1) is 0 Å². The Bertz CT molecular complexity index is 401. The van der Waals surface area contributed by atoms with Gasteiger partial charge in [-0.15, -0.1) is 0 Å². The van der Waals surface area contributed by atoms with Crippen LogP contribution in [-0.4, -0.2) is 24.0 Å². The summed E-state index contributed by atoms with van der Waals surface area (Å²) in [6.45, 7) is 3.48. The van der Waals surface area contributed by atoms with E-state index in [1.807, 2.05) is 0 Å². The van der Waals surface area contributed by atoms with E-state index < -0.39 is 10.0 Å². The molecule has 1 aromatic rings. The van der Waals surface area contributed by atoms with Gasteiger partial charge in [-0.3, -0.25) is 0 Å². The third-order valence-electron chi connectivity index (χ3n) is 1.55. The van der Waals surface area contributed by atoms with Gasteiger partial charge in [-0.05, 0) is 13.8 Å². The molecule has 14 heavy (non-hydrogen) atoms. The molecule has 1 heterocycles. The van der Waals surface area contributed by atoms with Crippen LogP contribution in [0.5, 0.6) is 0 Å². The summed E-state index contributed by atoms with van der Waals surface area (Å²) >= 11 is 0. The first-order chi connectivity index (χ1) is 6.34. The molecule has 0 aliphatic carbocycles. The number of sulfonamides is 1. The number of nitrogens with one attached hydrogen (secondary N) is 1. The molecule has 0 radical (unpaired) electrons. The van der Waals surface area contributed by atoms with Crippen molar-refractivity contribution in [1.29, 1.82) is 0 Å². The molecule has 0 atom stereocenters. The van der Waals surface area contributed by atoms with Gasteiger partial charge in [0.05, 0.1) is 6.33 Å². The van der Waals surface area contributed by atoms with Crippen LogP contribution in [0.1, 0.15) is 13.8 Å². The molecule has 0 saturated heterocycles. The molecule has 0 aliphatic rings. The van der Waals surface area contributed by atoms with Crippen molar-refractivity contribution in [3.8, 4) is 0 Å². The first-order valence-electron chi connectivity index (χ1n) is 4.13. The summed E-state index contributed by atoms with van der Waals surface area (Å²) < 4.78 is 27.2. The summed E-state index contributed by atoms with van der Waals surface area (Å²) in [4.78, 5) is 3.71. The summed E-state index contributed by atoms with van der Waals surface area (Å²) in [6, 6.07) is -0.172. The van der Waals surface area contributed by atoms with Gasteiger partial charge in [0, 0.05) is 13.1 Å². The number of nitrogens with zero attached hydrogens (tertiary/aromatic N) is 2. The summed E-state index contributed by atoms with van der Waals surface area (Å²) in [6.07, 6.45) is 1.37. The smallest absolute Gasteiger partial charge is 0.260 e. The van der Waals surface area contributed by atoms with E-state index >= 15 is 0 Å². The van der Waals surface area contributed by atoms with Crippen molar-refractivity contribution in [3.05, 3.63) is 6.33 Å². The van der Waals surface area contributed by atoms with Crippen molar-refractivity contribution in [2.24, 2.45) is 7.05 Å². The zero-order valence-electron chi connectivity index (χ0n) is 8.35. The van der Waals surface area contributed by atoms with Gasteiger partial charge >= 0.3 is 0 Å². The maximum Gasteiger partial charge on any atom is 0.260 e. The Morgan fingerprint density at radius 1 is 1.57 bits per heavy atom. The molecular weight excluding hydrogens is 204 g/mol. The number of hydrogen-bond acceptors (Lipinski definition) is 4. The lowest BCUT2D eigenvalue weighted by molar-refractivity contribution is 0.560. The SMILES string of the molecule is CC(C)NS(=O)(=O)c1c(N)ncn1C. The maximum absolute atomic E-state index is 11.7. The molecule has 3 N–H and O–H groups in total. The fourth-order valence-corrected chi connectivity index (χ4v) is 2.62. The highest BCUT2D eigenvalue weighted by Crippen LogP contribution is 2.15. The Morgan fingerprint density at radius 2 is 2.14 bits per heavy atom. The van der Waals surface area contributed by atoms with Crippen LogP contribution in [0.4, 0.5) is 5.82 Å². The van der Waals surface area contributed by atoms with Crippen molar-refractivity contribution in [2.45, 2.75) is 24.9 Å². The van der Waals surface area contributed by atoms with Crippen LogP contribution in [0.3, 0.4) is 0 Å². The number of nitrogens with two attached hydrogens (primary N) is 1. The van der Waals surface area contributed by atoms with Gasteiger partial charge in [-0.1, -0.05) is 0 Å². The summed E-state index contributed by atoms with van der Waals surface area (Å²) in [5, 5.41) is 0.00574. The van der Waals surface area contributed by atoms with E-state index in [1.165, 1.54) is 10.9 Å². The van der Waals surface area contributed by atoms with Crippen LogP contribution in [-0.2, 0) is 17.1 Å². The number of anilines is 1. The van der Waals surface area contributed by atoms with E-state index in [-0.39, 0.29) is 16.9 Å². The maximum atomic E-state index is 11.7. The van der Waals surface area contributed by atoms with Crippen LogP contribution < -0.4 is 10.5 Å².